The van der Waals surface area contributed by atoms with E-state index in [9.17, 15) is 22.0 Å². The van der Waals surface area contributed by atoms with Crippen molar-refractivity contribution in [1.82, 2.24) is 0 Å². The van der Waals surface area contributed by atoms with E-state index >= 15 is 0 Å². The number of fused-ring (bicyclic) bond motifs is 1. The van der Waals surface area contributed by atoms with E-state index in [2.05, 4.69) is 4.72 Å². The Kier molecular flexibility index (Phi) is 6.46. The molecule has 0 aromatic heterocycles. The highest BCUT2D eigenvalue weighted by Gasteiger charge is 2.28. The predicted octanol–water partition coefficient (Wildman–Crippen LogP) is 5.17. The topological polar surface area (TPSA) is 84.8 Å². The highest BCUT2D eigenvalue weighted by molar-refractivity contribution is 7.92. The zero-order chi connectivity index (χ0) is 25.4. The quantitative estimate of drug-likeness (QED) is 0.456. The molecular formula is C26H24F2N2O4S. The molecule has 1 heterocycles. The van der Waals surface area contributed by atoms with Gasteiger partial charge in [-0.3, -0.25) is 14.5 Å². The van der Waals surface area contributed by atoms with Crippen LogP contribution in [0.5, 0.6) is 5.75 Å². The molecule has 0 unspecified atom stereocenters. The van der Waals surface area contributed by atoms with Crippen molar-refractivity contribution in [3.8, 4) is 5.75 Å². The smallest absolute Gasteiger partial charge is 0.264 e. The molecule has 3 aromatic carbocycles. The zero-order valence-electron chi connectivity index (χ0n) is 19.4. The van der Waals surface area contributed by atoms with Crippen molar-refractivity contribution in [2.75, 3.05) is 11.8 Å². The van der Waals surface area contributed by atoms with E-state index < -0.39 is 26.6 Å². The number of ketones is 1. The Morgan fingerprint density at radius 1 is 1.06 bits per heavy atom. The van der Waals surface area contributed by atoms with E-state index in [1.54, 1.807) is 7.11 Å². The molecule has 0 saturated carbocycles. The largest absolute Gasteiger partial charge is 0.497 e. The van der Waals surface area contributed by atoms with Crippen LogP contribution in [0, 0.1) is 11.6 Å². The Morgan fingerprint density at radius 2 is 1.77 bits per heavy atom. The maximum atomic E-state index is 13.9. The summed E-state index contributed by atoms with van der Waals surface area (Å²) in [5, 5.41) is 0. The first kappa shape index (κ1) is 24.5. The van der Waals surface area contributed by atoms with Gasteiger partial charge in [-0.15, -0.1) is 0 Å². The van der Waals surface area contributed by atoms with Crippen LogP contribution in [0.3, 0.4) is 0 Å². The number of rotatable bonds is 7. The van der Waals surface area contributed by atoms with Gasteiger partial charge in [-0.25, -0.2) is 17.2 Å². The first-order chi connectivity index (χ1) is 16.5. The maximum Gasteiger partial charge on any atom is 0.264 e. The molecule has 4 rings (SSSR count). The maximum absolute atomic E-state index is 13.9. The molecule has 0 radical (unpaired) electrons. The summed E-state index contributed by atoms with van der Waals surface area (Å²) in [7, 11) is -2.78. The summed E-state index contributed by atoms with van der Waals surface area (Å²) in [5.74, 6) is -1.46. The molecule has 0 fully saturated rings. The Balaban J connectivity index is 1.54. The lowest BCUT2D eigenvalue weighted by Crippen LogP contribution is -2.30. The first-order valence-corrected chi connectivity index (χ1v) is 12.3. The van der Waals surface area contributed by atoms with E-state index in [4.69, 9.17) is 9.73 Å². The van der Waals surface area contributed by atoms with Gasteiger partial charge in [0.1, 0.15) is 22.3 Å². The number of carbonyl (C=O) groups is 1. The Labute approximate surface area is 202 Å². The number of carbonyl (C=O) groups excluding carboxylic acids is 1. The van der Waals surface area contributed by atoms with Gasteiger partial charge in [0.25, 0.3) is 10.0 Å². The molecule has 1 aliphatic rings. The summed E-state index contributed by atoms with van der Waals surface area (Å²) in [6, 6.07) is 13.7. The van der Waals surface area contributed by atoms with Crippen LogP contribution in [0.2, 0.25) is 0 Å². The molecule has 9 heteroatoms. The lowest BCUT2D eigenvalue weighted by atomic mass is 9.85. The van der Waals surface area contributed by atoms with Gasteiger partial charge < -0.3 is 4.74 Å². The van der Waals surface area contributed by atoms with Gasteiger partial charge in [-0.2, -0.15) is 0 Å². The van der Waals surface area contributed by atoms with Crippen LogP contribution >= 0.6 is 0 Å². The van der Waals surface area contributed by atoms with Crippen LogP contribution in [0.1, 0.15) is 41.8 Å². The van der Waals surface area contributed by atoms with Crippen LogP contribution in [0.25, 0.3) is 0 Å². The standard InChI is InChI=1S/C26H24F2N2O4S/c1-26(2)15-17-6-10-20(34-3)13-21(17)23(29-26)14-24(31)16-4-8-19(9-5-16)30-35(32,33)25-12-18(27)7-11-22(25)28/h4-13,30H,14-15H2,1-3H3. The van der Waals surface area contributed by atoms with Gasteiger partial charge in [0.05, 0.1) is 24.8 Å². The highest BCUT2D eigenvalue weighted by atomic mass is 32.2. The average molecular weight is 499 g/mol. The summed E-state index contributed by atoms with van der Waals surface area (Å²) in [6.45, 7) is 4.01. The van der Waals surface area contributed by atoms with Crippen LogP contribution in [-0.2, 0) is 16.4 Å². The van der Waals surface area contributed by atoms with Crippen LogP contribution < -0.4 is 9.46 Å². The number of sulfonamides is 1. The molecule has 6 nitrogen and oxygen atoms in total. The number of nitrogens with zero attached hydrogens (tertiary/aromatic N) is 1. The molecule has 0 aliphatic carbocycles. The minimum Gasteiger partial charge on any atom is -0.497 e. The third kappa shape index (κ3) is 5.40. The van der Waals surface area contributed by atoms with Crippen LogP contribution in [0.15, 0.2) is 70.6 Å². The third-order valence-electron chi connectivity index (χ3n) is 5.66. The molecule has 1 aliphatic heterocycles. The van der Waals surface area contributed by atoms with Crippen molar-refractivity contribution in [1.29, 1.82) is 0 Å². The van der Waals surface area contributed by atoms with Crippen molar-refractivity contribution >= 4 is 27.2 Å². The van der Waals surface area contributed by atoms with Crippen LogP contribution in [-0.4, -0.2) is 32.6 Å². The van der Waals surface area contributed by atoms with Gasteiger partial charge in [0.15, 0.2) is 5.78 Å². The normalized spacial score (nSPS) is 14.6. The summed E-state index contributed by atoms with van der Waals surface area (Å²) in [4.78, 5) is 17.0. The molecule has 182 valence electrons. The Morgan fingerprint density at radius 3 is 2.46 bits per heavy atom. The number of methoxy groups -OCH3 is 1. The van der Waals surface area contributed by atoms with E-state index in [1.165, 1.54) is 24.3 Å². The van der Waals surface area contributed by atoms with E-state index in [1.807, 2.05) is 32.0 Å². The lowest BCUT2D eigenvalue weighted by molar-refractivity contribution is 0.100. The van der Waals surface area contributed by atoms with E-state index in [0.717, 1.165) is 29.7 Å². The van der Waals surface area contributed by atoms with Gasteiger partial charge in [-0.05, 0) is 80.4 Å². The summed E-state index contributed by atoms with van der Waals surface area (Å²) in [5.41, 5.74) is 2.73. The van der Waals surface area contributed by atoms with Crippen molar-refractivity contribution in [2.45, 2.75) is 37.1 Å². The SMILES string of the molecule is COc1ccc2c(c1)C(CC(=O)c1ccc(NS(=O)(=O)c3cc(F)ccc3F)cc1)=NC(C)(C)C2. The Hall–Kier alpha value is -3.59. The van der Waals surface area contributed by atoms with Gasteiger partial charge in [-0.1, -0.05) is 6.07 Å². The van der Waals surface area contributed by atoms with Gasteiger partial charge >= 0.3 is 0 Å². The molecule has 3 aromatic rings. The molecular weight excluding hydrogens is 474 g/mol. The molecule has 0 saturated heterocycles. The first-order valence-electron chi connectivity index (χ1n) is 10.8. The number of hydrogen-bond donors (Lipinski definition) is 1. The number of aliphatic imine (C=N–C) groups is 1. The second-order valence-corrected chi connectivity index (χ2v) is 10.6. The molecule has 0 atom stereocenters. The number of halogens is 2. The highest BCUT2D eigenvalue weighted by Crippen LogP contribution is 2.31. The number of hydrogen-bond acceptors (Lipinski definition) is 5. The van der Waals surface area contributed by atoms with Crippen LogP contribution in [0.4, 0.5) is 14.5 Å². The van der Waals surface area contributed by atoms with E-state index in [0.29, 0.717) is 23.1 Å². The minimum absolute atomic E-state index is 0.0587. The molecule has 0 spiro atoms. The number of benzene rings is 3. The molecule has 0 amide bonds. The fraction of sp³-hybridized carbons (Fsp3) is 0.231. The molecule has 35 heavy (non-hydrogen) atoms. The molecule has 1 N–H and O–H groups in total. The van der Waals surface area contributed by atoms with Crippen molar-refractivity contribution < 1.29 is 26.7 Å². The van der Waals surface area contributed by atoms with Crippen molar-refractivity contribution in [3.63, 3.8) is 0 Å². The molecule has 0 bridgehead atoms. The fourth-order valence-corrected chi connectivity index (χ4v) is 5.19. The predicted molar refractivity (Wildman–Crippen MR) is 130 cm³/mol. The number of Topliss-reactive ketones (excluding diaryl/α,β-unsaturated/α-hetero) is 1. The summed E-state index contributed by atoms with van der Waals surface area (Å²) in [6.07, 6.45) is 0.800. The second kappa shape index (κ2) is 9.22. The monoisotopic (exact) mass is 498 g/mol. The van der Waals surface area contributed by atoms with Gasteiger partial charge in [0, 0.05) is 16.8 Å². The van der Waals surface area contributed by atoms with Gasteiger partial charge in [0.2, 0.25) is 0 Å². The minimum atomic E-state index is -4.36. The average Bonchev–Trinajstić information content (AvgIpc) is 2.80. The summed E-state index contributed by atoms with van der Waals surface area (Å²) >= 11 is 0. The number of nitrogens with one attached hydrogen (secondary N) is 1. The lowest BCUT2D eigenvalue weighted by Gasteiger charge is -2.29. The fourth-order valence-electron chi connectivity index (χ4n) is 4.04. The van der Waals surface area contributed by atoms with Crippen molar-refractivity contribution in [2.24, 2.45) is 4.99 Å². The van der Waals surface area contributed by atoms with E-state index in [-0.39, 0.29) is 23.4 Å². The third-order valence-corrected chi connectivity index (χ3v) is 7.05. The summed E-state index contributed by atoms with van der Waals surface area (Å²) < 4.78 is 59.8. The second-order valence-electron chi connectivity index (χ2n) is 8.93. The number of anilines is 1. The zero-order valence-corrected chi connectivity index (χ0v) is 20.2. The Bertz CT molecular complexity index is 1430. The van der Waals surface area contributed by atoms with Crippen molar-refractivity contribution in [3.05, 3.63) is 89.0 Å². The number of ether oxygens (including phenoxy) is 1.